The topological polar surface area (TPSA) is 97.5 Å². The number of hydrogen-bond donors (Lipinski definition) is 1. The average molecular weight is 342 g/mol. The zero-order valence-corrected chi connectivity index (χ0v) is 15.1. The monoisotopic (exact) mass is 342 g/mol. The van der Waals surface area contributed by atoms with E-state index in [1.54, 1.807) is 31.5 Å². The number of carbonyl (C=O) groups is 1. The number of rotatable bonds is 3. The molecule has 0 aliphatic carbocycles. The molecule has 2 N–H and O–H groups in total. The minimum atomic E-state index is -0.389. The first kappa shape index (κ1) is 16.9. The van der Waals surface area contributed by atoms with Gasteiger partial charge in [-0.05, 0) is 20.8 Å². The van der Waals surface area contributed by atoms with Gasteiger partial charge in [-0.1, -0.05) is 0 Å². The lowest BCUT2D eigenvalue weighted by Crippen LogP contribution is -2.51. The van der Waals surface area contributed by atoms with Crippen LogP contribution in [-0.2, 0) is 11.3 Å². The second kappa shape index (κ2) is 6.19. The molecule has 0 aromatic carbocycles. The van der Waals surface area contributed by atoms with Crippen LogP contribution in [0.15, 0.2) is 12.4 Å². The zero-order chi connectivity index (χ0) is 18.3. The van der Waals surface area contributed by atoms with E-state index in [0.29, 0.717) is 18.1 Å². The molecule has 8 nitrogen and oxygen atoms in total. The van der Waals surface area contributed by atoms with Gasteiger partial charge in [-0.25, -0.2) is 4.98 Å². The normalized spacial score (nSPS) is 16.8. The van der Waals surface area contributed by atoms with E-state index >= 15 is 0 Å². The summed E-state index contributed by atoms with van der Waals surface area (Å²) in [6, 6.07) is -0.389. The number of amides is 1. The fraction of sp³-hybridized carbons (Fsp3) is 0.412. The van der Waals surface area contributed by atoms with Crippen LogP contribution in [0.25, 0.3) is 0 Å². The quantitative estimate of drug-likeness (QED) is 0.901. The van der Waals surface area contributed by atoms with Crippen LogP contribution in [0.1, 0.15) is 23.7 Å². The Balaban J connectivity index is 2.07. The van der Waals surface area contributed by atoms with Gasteiger partial charge in [0.05, 0.1) is 25.5 Å². The first-order valence-electron chi connectivity index (χ1n) is 8.01. The number of pyridine rings is 1. The molecule has 25 heavy (non-hydrogen) atoms. The maximum atomic E-state index is 12.6. The van der Waals surface area contributed by atoms with E-state index in [9.17, 15) is 4.79 Å². The molecule has 8 heteroatoms. The highest BCUT2D eigenvalue weighted by atomic mass is 16.5. The molecule has 3 rings (SSSR count). The van der Waals surface area contributed by atoms with Gasteiger partial charge in [-0.2, -0.15) is 4.98 Å². The van der Waals surface area contributed by atoms with Crippen molar-refractivity contribution >= 4 is 23.4 Å². The predicted octanol–water partition coefficient (Wildman–Crippen LogP) is 1.45. The van der Waals surface area contributed by atoms with E-state index in [2.05, 4.69) is 15.0 Å². The Morgan fingerprint density at radius 2 is 2.00 bits per heavy atom. The molecule has 1 aliphatic heterocycles. The van der Waals surface area contributed by atoms with Gasteiger partial charge < -0.3 is 20.3 Å². The summed E-state index contributed by atoms with van der Waals surface area (Å²) in [6.07, 6.45) is 3.35. The minimum absolute atomic E-state index is 0.0300. The summed E-state index contributed by atoms with van der Waals surface area (Å²) in [7, 11) is 3.36. The van der Waals surface area contributed by atoms with Crippen molar-refractivity contribution in [3.05, 3.63) is 29.2 Å². The Labute approximate surface area is 146 Å². The van der Waals surface area contributed by atoms with E-state index in [4.69, 9.17) is 10.5 Å². The number of likely N-dealkylation sites (N-methyl/N-ethyl adjacent to an activating group) is 1. The van der Waals surface area contributed by atoms with Crippen LogP contribution in [0.4, 0.5) is 17.5 Å². The lowest BCUT2D eigenvalue weighted by atomic mass is 10.1. The number of anilines is 3. The molecular formula is C17H22N6O2. The summed E-state index contributed by atoms with van der Waals surface area (Å²) < 4.78 is 5.48. The van der Waals surface area contributed by atoms with Crippen LogP contribution >= 0.6 is 0 Å². The van der Waals surface area contributed by atoms with Gasteiger partial charge >= 0.3 is 0 Å². The number of nitrogen functional groups attached to an aromatic ring is 1. The van der Waals surface area contributed by atoms with E-state index < -0.39 is 0 Å². The average Bonchev–Trinajstić information content (AvgIpc) is 2.59. The lowest BCUT2D eigenvalue weighted by molar-refractivity contribution is -0.119. The highest BCUT2D eigenvalue weighted by molar-refractivity contribution is 6.04. The molecule has 0 fully saturated rings. The fourth-order valence-corrected chi connectivity index (χ4v) is 3.15. The van der Waals surface area contributed by atoms with E-state index in [1.165, 1.54) is 0 Å². The van der Waals surface area contributed by atoms with Crippen molar-refractivity contribution in [1.82, 2.24) is 15.0 Å². The highest BCUT2D eigenvalue weighted by Gasteiger charge is 2.35. The number of nitrogens with zero attached hydrogens (tertiary/aromatic N) is 5. The lowest BCUT2D eigenvalue weighted by Gasteiger charge is -2.39. The van der Waals surface area contributed by atoms with Crippen molar-refractivity contribution in [3.63, 3.8) is 0 Å². The maximum absolute atomic E-state index is 12.6. The molecule has 2 aromatic rings. The zero-order valence-electron chi connectivity index (χ0n) is 15.1. The smallest absolute Gasteiger partial charge is 0.249 e. The summed E-state index contributed by atoms with van der Waals surface area (Å²) in [5, 5.41) is 0. The number of methoxy groups -OCH3 is 1. The summed E-state index contributed by atoms with van der Waals surface area (Å²) in [4.78, 5) is 29.0. The molecule has 2 aromatic heterocycles. The number of fused-ring (bicyclic) bond motifs is 1. The number of aryl methyl sites for hydroxylation is 1. The SMILES string of the molecule is COc1c(C)cnc(CN2c3nc(N)ncc3N(C)C(=O)C2C)c1C. The summed E-state index contributed by atoms with van der Waals surface area (Å²) in [6.45, 7) is 6.19. The van der Waals surface area contributed by atoms with Crippen LogP contribution in [0, 0.1) is 13.8 Å². The number of aromatic nitrogens is 3. The van der Waals surface area contributed by atoms with Crippen molar-refractivity contribution in [1.29, 1.82) is 0 Å². The first-order chi connectivity index (χ1) is 11.8. The van der Waals surface area contributed by atoms with Crippen molar-refractivity contribution < 1.29 is 9.53 Å². The van der Waals surface area contributed by atoms with Crippen LogP contribution in [-0.4, -0.2) is 41.1 Å². The van der Waals surface area contributed by atoms with Gasteiger partial charge in [0.25, 0.3) is 0 Å². The molecule has 0 saturated heterocycles. The molecule has 3 heterocycles. The second-order valence-corrected chi connectivity index (χ2v) is 6.18. The van der Waals surface area contributed by atoms with Gasteiger partial charge in [0.15, 0.2) is 5.82 Å². The number of hydrogen-bond acceptors (Lipinski definition) is 7. The van der Waals surface area contributed by atoms with Gasteiger partial charge in [0, 0.05) is 24.4 Å². The van der Waals surface area contributed by atoms with Crippen LogP contribution in [0.2, 0.25) is 0 Å². The summed E-state index contributed by atoms with van der Waals surface area (Å²) in [5.41, 5.74) is 9.15. The van der Waals surface area contributed by atoms with E-state index in [1.807, 2.05) is 25.7 Å². The maximum Gasteiger partial charge on any atom is 0.249 e. The molecule has 1 aliphatic rings. The predicted molar refractivity (Wildman–Crippen MR) is 95.8 cm³/mol. The Morgan fingerprint density at radius 1 is 1.28 bits per heavy atom. The van der Waals surface area contributed by atoms with Gasteiger partial charge in [0.1, 0.15) is 17.5 Å². The third kappa shape index (κ3) is 2.73. The second-order valence-electron chi connectivity index (χ2n) is 6.18. The van der Waals surface area contributed by atoms with Crippen molar-refractivity contribution in [2.75, 3.05) is 29.7 Å². The molecule has 0 saturated carbocycles. The largest absolute Gasteiger partial charge is 0.496 e. The van der Waals surface area contributed by atoms with Crippen molar-refractivity contribution in [2.45, 2.75) is 33.4 Å². The molecule has 0 spiro atoms. The van der Waals surface area contributed by atoms with Crippen molar-refractivity contribution in [2.24, 2.45) is 0 Å². The molecule has 0 bridgehead atoms. The van der Waals surface area contributed by atoms with Gasteiger partial charge in [-0.15, -0.1) is 0 Å². The third-order valence-electron chi connectivity index (χ3n) is 4.63. The van der Waals surface area contributed by atoms with Crippen LogP contribution < -0.4 is 20.3 Å². The molecular weight excluding hydrogens is 320 g/mol. The molecule has 1 amide bonds. The number of carbonyl (C=O) groups excluding carboxylic acids is 1. The minimum Gasteiger partial charge on any atom is -0.496 e. The summed E-state index contributed by atoms with van der Waals surface area (Å²) in [5.74, 6) is 1.57. The molecule has 132 valence electrons. The van der Waals surface area contributed by atoms with Crippen LogP contribution in [0.3, 0.4) is 0 Å². The molecule has 1 atom stereocenters. The Bertz CT molecular complexity index is 838. The standard InChI is InChI=1S/C17H22N6O2/c1-9-6-19-12(10(2)14(9)25-5)8-23-11(3)16(24)22(4)13-7-20-17(18)21-15(13)23/h6-7,11H,8H2,1-5H3,(H2,18,20,21). The van der Waals surface area contributed by atoms with E-state index in [-0.39, 0.29) is 17.9 Å². The third-order valence-corrected chi connectivity index (χ3v) is 4.63. The fourth-order valence-electron chi connectivity index (χ4n) is 3.15. The van der Waals surface area contributed by atoms with Crippen LogP contribution in [0.5, 0.6) is 5.75 Å². The van der Waals surface area contributed by atoms with E-state index in [0.717, 1.165) is 22.6 Å². The Kier molecular flexibility index (Phi) is 4.20. The number of nitrogens with two attached hydrogens (primary N) is 1. The highest BCUT2D eigenvalue weighted by Crippen LogP contribution is 2.35. The molecule has 1 unspecified atom stereocenters. The van der Waals surface area contributed by atoms with Gasteiger partial charge in [-0.3, -0.25) is 9.78 Å². The van der Waals surface area contributed by atoms with Gasteiger partial charge in [0.2, 0.25) is 11.9 Å². The Morgan fingerprint density at radius 3 is 2.68 bits per heavy atom. The first-order valence-corrected chi connectivity index (χ1v) is 8.01. The Hall–Kier alpha value is -2.90. The summed E-state index contributed by atoms with van der Waals surface area (Å²) >= 11 is 0. The number of ether oxygens (including phenoxy) is 1. The van der Waals surface area contributed by atoms with Crippen molar-refractivity contribution in [3.8, 4) is 5.75 Å². The molecule has 0 radical (unpaired) electrons.